The number of hydrogen-bond donors (Lipinski definition) is 3. The van der Waals surface area contributed by atoms with Crippen LogP contribution in [0.3, 0.4) is 0 Å². The fourth-order valence-corrected chi connectivity index (χ4v) is 3.06. The number of halogens is 1. The van der Waals surface area contributed by atoms with E-state index in [-0.39, 0.29) is 28.4 Å². The molecule has 0 spiro atoms. The Hall–Kier alpha value is -1.15. The van der Waals surface area contributed by atoms with Crippen LogP contribution in [0.15, 0.2) is 23.1 Å². The molecule has 0 aliphatic rings. The predicted octanol–water partition coefficient (Wildman–Crippen LogP) is 1.48. The maximum Gasteiger partial charge on any atom is 0.335 e. The van der Waals surface area contributed by atoms with E-state index in [1.54, 1.807) is 6.92 Å². The molecule has 1 aromatic carbocycles. The molecule has 1 unspecified atom stereocenters. The van der Waals surface area contributed by atoms with Gasteiger partial charge in [-0.05, 0) is 31.0 Å². The van der Waals surface area contributed by atoms with Gasteiger partial charge in [-0.25, -0.2) is 17.9 Å². The van der Waals surface area contributed by atoms with Crippen molar-refractivity contribution in [2.24, 2.45) is 0 Å². The highest BCUT2D eigenvalue weighted by atomic mass is 35.5. The summed E-state index contributed by atoms with van der Waals surface area (Å²) in [7, 11) is -3.91. The van der Waals surface area contributed by atoms with E-state index in [0.717, 1.165) is 6.07 Å². The quantitative estimate of drug-likeness (QED) is 0.705. The van der Waals surface area contributed by atoms with E-state index in [2.05, 4.69) is 4.72 Å². The molecule has 0 amide bonds. The third-order valence-electron chi connectivity index (χ3n) is 2.71. The largest absolute Gasteiger partial charge is 0.478 e. The Morgan fingerprint density at radius 1 is 1.45 bits per heavy atom. The van der Waals surface area contributed by atoms with Crippen LogP contribution in [-0.4, -0.2) is 37.2 Å². The SMILES string of the molecule is CCC(O)CCNS(=O)(=O)c1cc(C(=O)O)ccc1Cl. The summed E-state index contributed by atoms with van der Waals surface area (Å²) < 4.78 is 26.3. The van der Waals surface area contributed by atoms with Crippen molar-refractivity contribution in [3.05, 3.63) is 28.8 Å². The fourth-order valence-electron chi connectivity index (χ4n) is 1.48. The minimum absolute atomic E-state index is 0.0466. The molecule has 0 aliphatic carbocycles. The van der Waals surface area contributed by atoms with Crippen LogP contribution in [0.2, 0.25) is 5.02 Å². The fraction of sp³-hybridized carbons (Fsp3) is 0.417. The van der Waals surface area contributed by atoms with Crippen LogP contribution < -0.4 is 4.72 Å². The van der Waals surface area contributed by atoms with Gasteiger partial charge in [0, 0.05) is 6.54 Å². The summed E-state index contributed by atoms with van der Waals surface area (Å²) in [6.45, 7) is 1.83. The van der Waals surface area contributed by atoms with Crippen molar-refractivity contribution in [3.8, 4) is 0 Å². The van der Waals surface area contributed by atoms with Crippen molar-refractivity contribution in [2.45, 2.75) is 30.8 Å². The first-order valence-corrected chi connectivity index (χ1v) is 7.84. The van der Waals surface area contributed by atoms with Crippen molar-refractivity contribution in [1.29, 1.82) is 0 Å². The van der Waals surface area contributed by atoms with E-state index < -0.39 is 22.1 Å². The molecule has 1 rings (SSSR count). The Morgan fingerprint density at radius 3 is 2.65 bits per heavy atom. The molecule has 6 nitrogen and oxygen atoms in total. The number of carbonyl (C=O) groups is 1. The lowest BCUT2D eigenvalue weighted by Crippen LogP contribution is -2.27. The number of carboxylic acids is 1. The Morgan fingerprint density at radius 2 is 2.10 bits per heavy atom. The minimum Gasteiger partial charge on any atom is -0.478 e. The number of sulfonamides is 1. The van der Waals surface area contributed by atoms with E-state index in [4.69, 9.17) is 16.7 Å². The van der Waals surface area contributed by atoms with Gasteiger partial charge in [0.15, 0.2) is 0 Å². The summed E-state index contributed by atoms with van der Waals surface area (Å²) in [6.07, 6.45) is 0.210. The lowest BCUT2D eigenvalue weighted by molar-refractivity contribution is 0.0696. The lowest BCUT2D eigenvalue weighted by Gasteiger charge is -2.11. The van der Waals surface area contributed by atoms with Crippen LogP contribution >= 0.6 is 11.6 Å². The third-order valence-corrected chi connectivity index (χ3v) is 4.65. The molecule has 0 saturated heterocycles. The number of rotatable bonds is 7. The van der Waals surface area contributed by atoms with Crippen LogP contribution in [-0.2, 0) is 10.0 Å². The summed E-state index contributed by atoms with van der Waals surface area (Å²) in [5, 5.41) is 18.2. The number of carboxylic acid groups (broad SMARTS) is 1. The van der Waals surface area contributed by atoms with Gasteiger partial charge in [-0.15, -0.1) is 0 Å². The highest BCUT2D eigenvalue weighted by Crippen LogP contribution is 2.22. The zero-order chi connectivity index (χ0) is 15.3. The van der Waals surface area contributed by atoms with Gasteiger partial charge in [-0.2, -0.15) is 0 Å². The van der Waals surface area contributed by atoms with E-state index in [1.165, 1.54) is 12.1 Å². The van der Waals surface area contributed by atoms with E-state index >= 15 is 0 Å². The second-order valence-corrected chi connectivity index (χ2v) is 6.34. The molecule has 1 atom stereocenters. The molecule has 3 N–H and O–H groups in total. The van der Waals surface area contributed by atoms with Crippen LogP contribution in [0, 0.1) is 0 Å². The molecular weight excluding hydrogens is 306 g/mol. The number of aromatic carboxylic acids is 1. The number of aliphatic hydroxyl groups excluding tert-OH is 1. The number of hydrogen-bond acceptors (Lipinski definition) is 4. The zero-order valence-corrected chi connectivity index (χ0v) is 12.4. The van der Waals surface area contributed by atoms with Gasteiger partial charge in [-0.3, -0.25) is 0 Å². The molecule has 0 heterocycles. The molecule has 0 bridgehead atoms. The Labute approximate surface area is 122 Å². The summed E-state index contributed by atoms with van der Waals surface area (Å²) in [5.41, 5.74) is -0.164. The summed E-state index contributed by atoms with van der Waals surface area (Å²) in [5.74, 6) is -1.24. The molecule has 0 fully saturated rings. The smallest absolute Gasteiger partial charge is 0.335 e. The minimum atomic E-state index is -3.91. The van der Waals surface area contributed by atoms with Crippen LogP contribution in [0.5, 0.6) is 0 Å². The van der Waals surface area contributed by atoms with E-state index in [0.29, 0.717) is 6.42 Å². The molecule has 0 saturated carbocycles. The second-order valence-electron chi connectivity index (χ2n) is 4.20. The van der Waals surface area contributed by atoms with Crippen molar-refractivity contribution in [3.63, 3.8) is 0 Å². The monoisotopic (exact) mass is 321 g/mol. The number of nitrogens with one attached hydrogen (secondary N) is 1. The predicted molar refractivity (Wildman–Crippen MR) is 74.5 cm³/mol. The topological polar surface area (TPSA) is 104 Å². The van der Waals surface area contributed by atoms with Gasteiger partial charge < -0.3 is 10.2 Å². The Kier molecular flexibility index (Phi) is 5.94. The average Bonchev–Trinajstić information content (AvgIpc) is 2.38. The molecule has 0 radical (unpaired) electrons. The molecule has 1 aromatic rings. The van der Waals surface area contributed by atoms with Gasteiger partial charge in [0.2, 0.25) is 10.0 Å². The van der Waals surface area contributed by atoms with Gasteiger partial charge in [0.25, 0.3) is 0 Å². The van der Waals surface area contributed by atoms with Crippen LogP contribution in [0.25, 0.3) is 0 Å². The van der Waals surface area contributed by atoms with E-state index in [9.17, 15) is 18.3 Å². The summed E-state index contributed by atoms with van der Waals surface area (Å²) in [4.78, 5) is 10.6. The first-order chi connectivity index (χ1) is 9.27. The molecular formula is C12H16ClNO5S. The van der Waals surface area contributed by atoms with Gasteiger partial charge in [-0.1, -0.05) is 18.5 Å². The molecule has 20 heavy (non-hydrogen) atoms. The highest BCUT2D eigenvalue weighted by molar-refractivity contribution is 7.89. The van der Waals surface area contributed by atoms with Crippen molar-refractivity contribution in [2.75, 3.05) is 6.54 Å². The number of aliphatic hydroxyl groups is 1. The highest BCUT2D eigenvalue weighted by Gasteiger charge is 2.20. The normalized spacial score (nSPS) is 13.2. The average molecular weight is 322 g/mol. The van der Waals surface area contributed by atoms with Crippen molar-refractivity contribution in [1.82, 2.24) is 4.72 Å². The van der Waals surface area contributed by atoms with Crippen molar-refractivity contribution < 1.29 is 23.4 Å². The molecule has 0 aliphatic heterocycles. The molecule has 8 heteroatoms. The van der Waals surface area contributed by atoms with Crippen LogP contribution in [0.4, 0.5) is 0 Å². The molecule has 112 valence electrons. The first kappa shape index (κ1) is 16.9. The molecule has 0 aromatic heterocycles. The lowest BCUT2D eigenvalue weighted by atomic mass is 10.2. The summed E-state index contributed by atoms with van der Waals surface area (Å²) >= 11 is 5.79. The Bertz CT molecular complexity index is 588. The maximum atomic E-state index is 12.0. The summed E-state index contributed by atoms with van der Waals surface area (Å²) in [6, 6.07) is 3.45. The maximum absolute atomic E-state index is 12.0. The second kappa shape index (κ2) is 7.03. The standard InChI is InChI=1S/C12H16ClNO5S/c1-2-9(15)5-6-14-20(18,19)11-7-8(12(16)17)3-4-10(11)13/h3-4,7,9,14-15H,2,5-6H2,1H3,(H,16,17). The van der Waals surface area contributed by atoms with Gasteiger partial charge >= 0.3 is 5.97 Å². The number of benzene rings is 1. The van der Waals surface area contributed by atoms with Gasteiger partial charge in [0.1, 0.15) is 4.90 Å². The van der Waals surface area contributed by atoms with Crippen LogP contribution in [0.1, 0.15) is 30.1 Å². The first-order valence-electron chi connectivity index (χ1n) is 5.98. The van der Waals surface area contributed by atoms with E-state index in [1.807, 2.05) is 0 Å². The zero-order valence-electron chi connectivity index (χ0n) is 10.8. The third kappa shape index (κ3) is 4.45. The van der Waals surface area contributed by atoms with Crippen molar-refractivity contribution >= 4 is 27.6 Å². The van der Waals surface area contributed by atoms with Gasteiger partial charge in [0.05, 0.1) is 16.7 Å². The Balaban J connectivity index is 2.92.